The van der Waals surface area contributed by atoms with Gasteiger partial charge in [0, 0.05) is 0 Å². The Morgan fingerprint density at radius 3 is 2.31 bits per heavy atom. The zero-order valence-corrected chi connectivity index (χ0v) is 15.8. The highest BCUT2D eigenvalue weighted by Crippen LogP contribution is 2.38. The van der Waals surface area contributed by atoms with Crippen molar-refractivity contribution in [1.29, 1.82) is 0 Å². The van der Waals surface area contributed by atoms with E-state index in [2.05, 4.69) is 15.9 Å². The molecule has 1 heterocycles. The molecule has 0 saturated carbocycles. The molecule has 26 heavy (non-hydrogen) atoms. The van der Waals surface area contributed by atoms with Crippen LogP contribution in [-0.2, 0) is 16.1 Å². The van der Waals surface area contributed by atoms with Gasteiger partial charge in [-0.15, -0.1) is 0 Å². The predicted octanol–water partition coefficient (Wildman–Crippen LogP) is 4.82. The van der Waals surface area contributed by atoms with E-state index in [-0.39, 0.29) is 18.4 Å². The zero-order valence-electron chi connectivity index (χ0n) is 14.2. The molecule has 0 fully saturated rings. The first-order valence-electron chi connectivity index (χ1n) is 8.36. The van der Waals surface area contributed by atoms with E-state index in [1.165, 1.54) is 4.90 Å². The lowest BCUT2D eigenvalue weighted by Crippen LogP contribution is -2.30. The van der Waals surface area contributed by atoms with Crippen molar-refractivity contribution < 1.29 is 9.59 Å². The van der Waals surface area contributed by atoms with Crippen LogP contribution in [0.4, 0.5) is 0 Å². The summed E-state index contributed by atoms with van der Waals surface area (Å²) in [6.45, 7) is 2.23. The molecule has 1 aliphatic rings. The molecule has 0 aromatic heterocycles. The average molecular weight is 406 g/mol. The standard InChI is InChI=1S/C22H16BrNO2/c1-14-11-12-16-9-5-6-10-17(16)18(14)19-20(23)22(26)24(21(19)25)13-15-7-3-2-4-8-15/h2-12H,13H2,1H3. The van der Waals surface area contributed by atoms with Crippen molar-refractivity contribution >= 4 is 44.1 Å². The number of fused-ring (bicyclic) bond motifs is 1. The Morgan fingerprint density at radius 1 is 0.846 bits per heavy atom. The van der Waals surface area contributed by atoms with Gasteiger partial charge >= 0.3 is 0 Å². The van der Waals surface area contributed by atoms with Crippen molar-refractivity contribution in [2.45, 2.75) is 13.5 Å². The van der Waals surface area contributed by atoms with Gasteiger partial charge in [0.2, 0.25) is 0 Å². The summed E-state index contributed by atoms with van der Waals surface area (Å²) >= 11 is 3.39. The predicted molar refractivity (Wildman–Crippen MR) is 107 cm³/mol. The van der Waals surface area contributed by atoms with Gasteiger partial charge in [0.15, 0.2) is 0 Å². The molecule has 0 atom stereocenters. The molecule has 3 aromatic carbocycles. The largest absolute Gasteiger partial charge is 0.269 e. The number of carbonyl (C=O) groups is 2. The summed E-state index contributed by atoms with van der Waals surface area (Å²) in [5.74, 6) is -0.550. The van der Waals surface area contributed by atoms with E-state index in [9.17, 15) is 9.59 Å². The summed E-state index contributed by atoms with van der Waals surface area (Å²) in [6, 6.07) is 21.5. The molecule has 4 rings (SSSR count). The lowest BCUT2D eigenvalue weighted by Gasteiger charge is -2.16. The normalized spacial score (nSPS) is 14.6. The summed E-state index contributed by atoms with van der Waals surface area (Å²) in [7, 11) is 0. The molecule has 0 saturated heterocycles. The van der Waals surface area contributed by atoms with E-state index >= 15 is 0 Å². The highest BCUT2D eigenvalue weighted by molar-refractivity contribution is 9.12. The van der Waals surface area contributed by atoms with E-state index in [0.717, 1.165) is 27.5 Å². The Balaban J connectivity index is 1.82. The molecule has 0 aliphatic carbocycles. The van der Waals surface area contributed by atoms with Gasteiger partial charge in [-0.1, -0.05) is 66.7 Å². The minimum absolute atomic E-state index is 0.259. The molecule has 0 unspecified atom stereocenters. The van der Waals surface area contributed by atoms with Gasteiger partial charge in [-0.2, -0.15) is 0 Å². The van der Waals surface area contributed by atoms with E-state index < -0.39 is 0 Å². The molecule has 3 nitrogen and oxygen atoms in total. The molecule has 128 valence electrons. The van der Waals surface area contributed by atoms with Crippen molar-refractivity contribution in [1.82, 2.24) is 4.90 Å². The third kappa shape index (κ3) is 2.67. The Kier molecular flexibility index (Phi) is 4.21. The molecule has 3 aromatic rings. The van der Waals surface area contributed by atoms with Crippen molar-refractivity contribution in [3.8, 4) is 0 Å². The van der Waals surface area contributed by atoms with Crippen molar-refractivity contribution in [3.63, 3.8) is 0 Å². The lowest BCUT2D eigenvalue weighted by atomic mass is 9.94. The van der Waals surface area contributed by atoms with Crippen LogP contribution < -0.4 is 0 Å². The van der Waals surface area contributed by atoms with Crippen LogP contribution in [0.2, 0.25) is 0 Å². The second-order valence-corrected chi connectivity index (χ2v) is 7.14. The molecule has 2 amide bonds. The van der Waals surface area contributed by atoms with Crippen molar-refractivity contribution in [2.75, 3.05) is 0 Å². The van der Waals surface area contributed by atoms with Crippen LogP contribution in [0.5, 0.6) is 0 Å². The molecular weight excluding hydrogens is 390 g/mol. The maximum Gasteiger partial charge on any atom is 0.268 e. The molecule has 0 N–H and O–H groups in total. The number of rotatable bonds is 3. The van der Waals surface area contributed by atoms with Crippen molar-refractivity contribution in [2.24, 2.45) is 0 Å². The fourth-order valence-electron chi connectivity index (χ4n) is 3.39. The van der Waals surface area contributed by atoms with Crippen LogP contribution in [0.3, 0.4) is 0 Å². The molecular formula is C22H16BrNO2. The third-order valence-electron chi connectivity index (χ3n) is 4.68. The van der Waals surface area contributed by atoms with Gasteiger partial charge in [-0.3, -0.25) is 14.5 Å². The zero-order chi connectivity index (χ0) is 18.3. The van der Waals surface area contributed by atoms with Crippen LogP contribution >= 0.6 is 15.9 Å². The van der Waals surface area contributed by atoms with Gasteiger partial charge in [-0.05, 0) is 50.3 Å². The van der Waals surface area contributed by atoms with Crippen LogP contribution in [0.15, 0.2) is 71.2 Å². The molecule has 0 spiro atoms. The number of halogens is 1. The minimum Gasteiger partial charge on any atom is -0.269 e. The van der Waals surface area contributed by atoms with Crippen LogP contribution in [-0.4, -0.2) is 16.7 Å². The van der Waals surface area contributed by atoms with Gasteiger partial charge in [0.05, 0.1) is 16.6 Å². The summed E-state index contributed by atoms with van der Waals surface area (Å²) in [5.41, 5.74) is 3.16. The summed E-state index contributed by atoms with van der Waals surface area (Å²) in [6.07, 6.45) is 0. The Hall–Kier alpha value is -2.72. The number of hydrogen-bond donors (Lipinski definition) is 0. The van der Waals surface area contributed by atoms with Crippen LogP contribution in [0.1, 0.15) is 16.7 Å². The lowest BCUT2D eigenvalue weighted by molar-refractivity contribution is -0.137. The van der Waals surface area contributed by atoms with Gasteiger partial charge in [0.25, 0.3) is 11.8 Å². The number of aryl methyl sites for hydroxylation is 1. The third-order valence-corrected chi connectivity index (χ3v) is 5.42. The number of benzene rings is 3. The van der Waals surface area contributed by atoms with Gasteiger partial charge in [0.1, 0.15) is 0 Å². The highest BCUT2D eigenvalue weighted by atomic mass is 79.9. The first kappa shape index (κ1) is 16.7. The van der Waals surface area contributed by atoms with Crippen LogP contribution in [0, 0.1) is 6.92 Å². The van der Waals surface area contributed by atoms with Gasteiger partial charge in [-0.25, -0.2) is 0 Å². The Morgan fingerprint density at radius 2 is 1.54 bits per heavy atom. The second-order valence-electron chi connectivity index (χ2n) is 6.35. The first-order valence-corrected chi connectivity index (χ1v) is 9.16. The molecule has 4 heteroatoms. The van der Waals surface area contributed by atoms with E-state index in [1.807, 2.05) is 73.7 Å². The van der Waals surface area contributed by atoms with Gasteiger partial charge < -0.3 is 0 Å². The average Bonchev–Trinajstić information content (AvgIpc) is 2.86. The molecule has 1 aliphatic heterocycles. The van der Waals surface area contributed by atoms with E-state index in [0.29, 0.717) is 10.1 Å². The number of imide groups is 1. The quantitative estimate of drug-likeness (QED) is 0.585. The smallest absolute Gasteiger partial charge is 0.268 e. The van der Waals surface area contributed by atoms with Crippen LogP contribution in [0.25, 0.3) is 16.3 Å². The SMILES string of the molecule is Cc1ccc2ccccc2c1C1=C(Br)C(=O)N(Cc2ccccc2)C1=O. The number of amides is 2. The molecule has 0 bridgehead atoms. The Labute approximate surface area is 160 Å². The number of hydrogen-bond acceptors (Lipinski definition) is 2. The highest BCUT2D eigenvalue weighted by Gasteiger charge is 2.38. The maximum atomic E-state index is 13.1. The fourth-order valence-corrected chi connectivity index (χ4v) is 3.97. The topological polar surface area (TPSA) is 37.4 Å². The maximum absolute atomic E-state index is 13.1. The monoisotopic (exact) mass is 405 g/mol. The minimum atomic E-state index is -0.291. The summed E-state index contributed by atoms with van der Waals surface area (Å²) in [5, 5.41) is 2.02. The number of nitrogens with zero attached hydrogens (tertiary/aromatic N) is 1. The summed E-state index contributed by atoms with van der Waals surface area (Å²) in [4.78, 5) is 27.2. The van der Waals surface area contributed by atoms with E-state index in [4.69, 9.17) is 0 Å². The van der Waals surface area contributed by atoms with Crippen molar-refractivity contribution in [3.05, 3.63) is 87.9 Å². The summed E-state index contributed by atoms with van der Waals surface area (Å²) < 4.78 is 0.331. The molecule has 0 radical (unpaired) electrons. The van der Waals surface area contributed by atoms with E-state index in [1.54, 1.807) is 0 Å². The first-order chi connectivity index (χ1) is 12.6. The number of carbonyl (C=O) groups excluding carboxylic acids is 2. The Bertz CT molecular complexity index is 1070. The fraction of sp³-hybridized carbons (Fsp3) is 0.0909. The second kappa shape index (κ2) is 6.54.